The molecule has 0 spiro atoms. The number of carbonyl (C=O) groups excluding carboxylic acids is 1. The maximum atomic E-state index is 12.0. The van der Waals surface area contributed by atoms with Gasteiger partial charge in [0.1, 0.15) is 0 Å². The van der Waals surface area contributed by atoms with E-state index in [1.165, 1.54) is 6.42 Å². The van der Waals surface area contributed by atoms with Crippen LogP contribution in [0.1, 0.15) is 32.1 Å². The predicted molar refractivity (Wildman–Crippen MR) is 118 cm³/mol. The summed E-state index contributed by atoms with van der Waals surface area (Å²) >= 11 is 0. The molecular formula is C16H33IN6O3S. The number of primary amides is 1. The fourth-order valence-electron chi connectivity index (χ4n) is 3.16. The van der Waals surface area contributed by atoms with Gasteiger partial charge in [0, 0.05) is 39.3 Å². The minimum absolute atomic E-state index is 0. The Labute approximate surface area is 179 Å². The van der Waals surface area contributed by atoms with Crippen LogP contribution in [0.5, 0.6) is 0 Å². The number of carbonyl (C=O) groups is 1. The third-order valence-electron chi connectivity index (χ3n) is 5.01. The lowest BCUT2D eigenvalue weighted by Crippen LogP contribution is -2.50. The van der Waals surface area contributed by atoms with Crippen molar-refractivity contribution in [2.24, 2.45) is 16.6 Å². The Morgan fingerprint density at radius 3 is 2.41 bits per heavy atom. The van der Waals surface area contributed by atoms with Gasteiger partial charge in [-0.05, 0) is 31.6 Å². The number of halogens is 1. The van der Waals surface area contributed by atoms with Gasteiger partial charge < -0.3 is 16.4 Å². The van der Waals surface area contributed by atoms with E-state index in [4.69, 9.17) is 5.73 Å². The average Bonchev–Trinajstić information content (AvgIpc) is 2.53. The van der Waals surface area contributed by atoms with Crippen LogP contribution in [0.15, 0.2) is 4.99 Å². The predicted octanol–water partition coefficient (Wildman–Crippen LogP) is -0.561. The van der Waals surface area contributed by atoms with Crippen molar-refractivity contribution in [2.75, 3.05) is 45.5 Å². The van der Waals surface area contributed by atoms with E-state index < -0.39 is 10.0 Å². The lowest BCUT2D eigenvalue weighted by atomic mass is 9.86. The van der Waals surface area contributed by atoms with Gasteiger partial charge in [0.2, 0.25) is 15.9 Å². The Balaban J connectivity index is 0.00000364. The first-order valence-corrected chi connectivity index (χ1v) is 11.0. The Morgan fingerprint density at radius 1 is 1.22 bits per heavy atom. The Bertz CT molecular complexity index is 589. The highest BCUT2D eigenvalue weighted by Crippen LogP contribution is 2.25. The van der Waals surface area contributed by atoms with E-state index in [0.29, 0.717) is 31.5 Å². The van der Waals surface area contributed by atoms with Crippen molar-refractivity contribution in [3.05, 3.63) is 0 Å². The second-order valence-electron chi connectivity index (χ2n) is 7.12. The van der Waals surface area contributed by atoms with Crippen molar-refractivity contribution in [1.29, 1.82) is 0 Å². The first-order valence-electron chi connectivity index (χ1n) is 9.33. The summed E-state index contributed by atoms with van der Waals surface area (Å²) in [7, 11) is -1.59. The fraction of sp³-hybridized carbons (Fsp3) is 0.875. The van der Waals surface area contributed by atoms with Crippen LogP contribution in [0, 0.1) is 5.92 Å². The smallest absolute Gasteiger partial charge is 0.231 e. The number of sulfonamides is 1. The fourth-order valence-corrected chi connectivity index (χ4v) is 4.17. The molecule has 1 heterocycles. The number of likely N-dealkylation sites (tertiary alicyclic amines) is 1. The second-order valence-corrected chi connectivity index (χ2v) is 9.05. The number of hydrogen-bond donors (Lipinski definition) is 4. The van der Waals surface area contributed by atoms with Gasteiger partial charge in [-0.25, -0.2) is 13.1 Å². The second kappa shape index (κ2) is 12.0. The third kappa shape index (κ3) is 9.39. The van der Waals surface area contributed by atoms with Crippen molar-refractivity contribution >= 4 is 45.9 Å². The largest absolute Gasteiger partial charge is 0.369 e. The molecule has 2 fully saturated rings. The average molecular weight is 516 g/mol. The van der Waals surface area contributed by atoms with Crippen molar-refractivity contribution in [3.63, 3.8) is 0 Å². The van der Waals surface area contributed by atoms with E-state index in [2.05, 4.69) is 20.3 Å². The van der Waals surface area contributed by atoms with Crippen molar-refractivity contribution in [2.45, 2.75) is 38.1 Å². The summed E-state index contributed by atoms with van der Waals surface area (Å²) in [6.07, 6.45) is 5.22. The van der Waals surface area contributed by atoms with E-state index >= 15 is 0 Å². The highest BCUT2D eigenvalue weighted by atomic mass is 127. The molecular weight excluding hydrogens is 483 g/mol. The molecule has 1 amide bonds. The van der Waals surface area contributed by atoms with Gasteiger partial charge >= 0.3 is 0 Å². The molecule has 0 aromatic carbocycles. The molecule has 9 nitrogen and oxygen atoms in total. The van der Waals surface area contributed by atoms with E-state index in [0.717, 1.165) is 38.8 Å². The van der Waals surface area contributed by atoms with E-state index in [1.54, 1.807) is 7.05 Å². The Morgan fingerprint density at radius 2 is 1.89 bits per heavy atom. The van der Waals surface area contributed by atoms with Gasteiger partial charge in [-0.1, -0.05) is 6.42 Å². The summed E-state index contributed by atoms with van der Waals surface area (Å²) in [4.78, 5) is 17.2. The van der Waals surface area contributed by atoms with Gasteiger partial charge in [-0.2, -0.15) is 0 Å². The van der Waals surface area contributed by atoms with Crippen LogP contribution >= 0.6 is 24.0 Å². The van der Waals surface area contributed by atoms with E-state index in [-0.39, 0.29) is 41.7 Å². The maximum absolute atomic E-state index is 12.0. The highest BCUT2D eigenvalue weighted by molar-refractivity contribution is 14.0. The zero-order chi connectivity index (χ0) is 19.0. The number of guanidine groups is 1. The number of nitrogens with one attached hydrogen (secondary N) is 3. The van der Waals surface area contributed by atoms with Gasteiger partial charge in [-0.3, -0.25) is 14.7 Å². The van der Waals surface area contributed by atoms with E-state index in [9.17, 15) is 13.2 Å². The molecule has 1 saturated heterocycles. The first kappa shape index (κ1) is 24.4. The summed E-state index contributed by atoms with van der Waals surface area (Å²) in [6, 6.07) is 0.249. The molecule has 5 N–H and O–H groups in total. The maximum Gasteiger partial charge on any atom is 0.231 e. The molecule has 27 heavy (non-hydrogen) atoms. The lowest BCUT2D eigenvalue weighted by Gasteiger charge is -2.32. The molecule has 0 aromatic rings. The topological polar surface area (TPSA) is 129 Å². The standard InChI is InChI=1S/C16H32N6O3S.HI/c1-18-16(21-14-5-8-22(9-6-14)12-15(17)23)19-7-10-26(24,25)20-11-13-3-2-4-13;/h13-14,20H,2-12H2,1H3,(H2,17,23)(H2,18,19,21);1H. The lowest BCUT2D eigenvalue weighted by molar-refractivity contribution is -0.119. The molecule has 1 saturated carbocycles. The van der Waals surface area contributed by atoms with Crippen LogP contribution in [0.4, 0.5) is 0 Å². The number of amides is 1. The summed E-state index contributed by atoms with van der Waals surface area (Å²) in [5.41, 5.74) is 5.22. The van der Waals surface area contributed by atoms with Crippen LogP contribution in [0.2, 0.25) is 0 Å². The van der Waals surface area contributed by atoms with Crippen LogP contribution < -0.4 is 21.1 Å². The number of nitrogens with zero attached hydrogens (tertiary/aromatic N) is 2. The Kier molecular flexibility index (Phi) is 10.9. The molecule has 158 valence electrons. The normalized spacial score (nSPS) is 19.8. The minimum Gasteiger partial charge on any atom is -0.369 e. The number of rotatable bonds is 9. The van der Waals surface area contributed by atoms with Crippen LogP contribution in [-0.2, 0) is 14.8 Å². The molecule has 2 rings (SSSR count). The molecule has 2 aliphatic rings. The molecule has 1 aliphatic carbocycles. The molecule has 0 aromatic heterocycles. The number of aliphatic imine (C=N–C) groups is 1. The molecule has 1 aliphatic heterocycles. The zero-order valence-corrected chi connectivity index (χ0v) is 19.1. The van der Waals surface area contributed by atoms with Gasteiger partial charge in [0.25, 0.3) is 0 Å². The Hall–Kier alpha value is -0.660. The molecule has 0 atom stereocenters. The highest BCUT2D eigenvalue weighted by Gasteiger charge is 2.22. The SMILES string of the molecule is CN=C(NCCS(=O)(=O)NCC1CCC1)NC1CCN(CC(N)=O)CC1.I. The molecule has 0 radical (unpaired) electrons. The van der Waals surface area contributed by atoms with Crippen LogP contribution in [0.3, 0.4) is 0 Å². The molecule has 0 unspecified atom stereocenters. The molecule has 11 heteroatoms. The van der Waals surface area contributed by atoms with Crippen molar-refractivity contribution in [1.82, 2.24) is 20.3 Å². The van der Waals surface area contributed by atoms with Gasteiger partial charge in [-0.15, -0.1) is 24.0 Å². The summed E-state index contributed by atoms with van der Waals surface area (Å²) < 4.78 is 26.7. The summed E-state index contributed by atoms with van der Waals surface area (Å²) in [5, 5.41) is 6.38. The van der Waals surface area contributed by atoms with Gasteiger partial charge in [0.05, 0.1) is 12.3 Å². The third-order valence-corrected chi connectivity index (χ3v) is 6.36. The first-order chi connectivity index (χ1) is 12.4. The summed E-state index contributed by atoms with van der Waals surface area (Å²) in [5.74, 6) is 0.832. The zero-order valence-electron chi connectivity index (χ0n) is 15.9. The monoisotopic (exact) mass is 516 g/mol. The number of nitrogens with two attached hydrogens (primary N) is 1. The quantitative estimate of drug-likeness (QED) is 0.185. The van der Waals surface area contributed by atoms with E-state index in [1.807, 2.05) is 4.90 Å². The van der Waals surface area contributed by atoms with Gasteiger partial charge in [0.15, 0.2) is 5.96 Å². The molecule has 0 bridgehead atoms. The minimum atomic E-state index is -3.25. The van der Waals surface area contributed by atoms with Crippen LogP contribution in [0.25, 0.3) is 0 Å². The van der Waals surface area contributed by atoms with Crippen molar-refractivity contribution in [3.8, 4) is 0 Å². The number of hydrogen-bond acceptors (Lipinski definition) is 5. The van der Waals surface area contributed by atoms with Crippen molar-refractivity contribution < 1.29 is 13.2 Å². The number of piperidine rings is 1. The van der Waals surface area contributed by atoms with Crippen LogP contribution in [-0.4, -0.2) is 76.8 Å². The summed E-state index contributed by atoms with van der Waals surface area (Å²) in [6.45, 7) is 2.76.